The number of nitrogens with zero attached hydrogens (tertiary/aromatic N) is 1. The summed E-state index contributed by atoms with van der Waals surface area (Å²) in [4.78, 5) is 10.6. The zero-order valence-electron chi connectivity index (χ0n) is 13.0. The Morgan fingerprint density at radius 3 is 2.33 bits per heavy atom. The van der Waals surface area contributed by atoms with E-state index in [-0.39, 0.29) is 10.6 Å². The summed E-state index contributed by atoms with van der Waals surface area (Å²) in [6, 6.07) is 4.97. The van der Waals surface area contributed by atoms with Crippen LogP contribution >= 0.6 is 0 Å². The Morgan fingerprint density at radius 2 is 1.81 bits per heavy atom. The van der Waals surface area contributed by atoms with Gasteiger partial charge in [-0.1, -0.05) is 20.8 Å². The number of hydrogen-bond donors (Lipinski definition) is 2. The first-order valence-corrected chi connectivity index (χ1v) is 7.38. The van der Waals surface area contributed by atoms with Crippen molar-refractivity contribution in [2.75, 3.05) is 36.9 Å². The lowest BCUT2D eigenvalue weighted by Gasteiger charge is -2.11. The molecule has 0 bridgehead atoms. The molecule has 0 radical (unpaired) electrons. The van der Waals surface area contributed by atoms with Crippen LogP contribution in [-0.2, 0) is 4.74 Å². The lowest BCUT2D eigenvalue weighted by molar-refractivity contribution is -0.384. The summed E-state index contributed by atoms with van der Waals surface area (Å²) in [5.74, 6) is 0.507. The highest BCUT2D eigenvalue weighted by Crippen LogP contribution is 2.24. The van der Waals surface area contributed by atoms with Gasteiger partial charge in [-0.2, -0.15) is 0 Å². The second kappa shape index (κ2) is 9.18. The van der Waals surface area contributed by atoms with E-state index in [1.807, 2.05) is 6.07 Å². The Morgan fingerprint density at radius 1 is 1.19 bits per heavy atom. The van der Waals surface area contributed by atoms with E-state index >= 15 is 0 Å². The molecule has 0 aliphatic heterocycles. The first kappa shape index (κ1) is 17.2. The number of anilines is 2. The van der Waals surface area contributed by atoms with Crippen molar-refractivity contribution in [3.8, 4) is 0 Å². The van der Waals surface area contributed by atoms with E-state index in [1.54, 1.807) is 12.1 Å². The van der Waals surface area contributed by atoms with Crippen LogP contribution in [0.4, 0.5) is 17.1 Å². The average molecular weight is 295 g/mol. The standard InChI is InChI=1S/C15H25N3O3/c1-4-5-16-13-8-14(10-15(9-13)18(19)20)17-6-7-21-11-12(2)3/h8-10,12,16-17H,4-7,11H2,1-3H3. The fourth-order valence-corrected chi connectivity index (χ4v) is 1.78. The van der Waals surface area contributed by atoms with Crippen molar-refractivity contribution in [3.63, 3.8) is 0 Å². The van der Waals surface area contributed by atoms with E-state index in [9.17, 15) is 10.1 Å². The topological polar surface area (TPSA) is 76.4 Å². The quantitative estimate of drug-likeness (QED) is 0.392. The molecule has 0 fully saturated rings. The molecule has 0 aliphatic carbocycles. The Balaban J connectivity index is 2.58. The van der Waals surface area contributed by atoms with Gasteiger partial charge in [0.15, 0.2) is 0 Å². The molecule has 1 aromatic carbocycles. The summed E-state index contributed by atoms with van der Waals surface area (Å²) in [6.45, 7) is 8.96. The maximum atomic E-state index is 11.0. The molecule has 0 aliphatic rings. The molecule has 21 heavy (non-hydrogen) atoms. The summed E-state index contributed by atoms with van der Waals surface area (Å²) < 4.78 is 5.48. The van der Waals surface area contributed by atoms with Gasteiger partial charge in [0.05, 0.1) is 11.5 Å². The number of ether oxygens (including phenoxy) is 1. The van der Waals surface area contributed by atoms with Crippen molar-refractivity contribution in [1.29, 1.82) is 0 Å². The second-order valence-corrected chi connectivity index (χ2v) is 5.35. The van der Waals surface area contributed by atoms with Gasteiger partial charge in [0.25, 0.3) is 5.69 Å². The van der Waals surface area contributed by atoms with Crippen LogP contribution in [0.1, 0.15) is 27.2 Å². The highest BCUT2D eigenvalue weighted by Gasteiger charge is 2.09. The average Bonchev–Trinajstić information content (AvgIpc) is 2.44. The predicted octanol–water partition coefficient (Wildman–Crippen LogP) is 3.50. The first-order chi connectivity index (χ1) is 10.0. The van der Waals surface area contributed by atoms with Crippen LogP contribution in [0.5, 0.6) is 0 Å². The number of hydrogen-bond acceptors (Lipinski definition) is 5. The Hall–Kier alpha value is -1.82. The molecular formula is C15H25N3O3. The normalized spacial score (nSPS) is 10.7. The van der Waals surface area contributed by atoms with E-state index in [0.717, 1.165) is 30.9 Å². The van der Waals surface area contributed by atoms with E-state index < -0.39 is 0 Å². The van der Waals surface area contributed by atoms with Gasteiger partial charge in [0.1, 0.15) is 0 Å². The first-order valence-electron chi connectivity index (χ1n) is 7.38. The van der Waals surface area contributed by atoms with Crippen LogP contribution < -0.4 is 10.6 Å². The molecule has 0 aromatic heterocycles. The van der Waals surface area contributed by atoms with Gasteiger partial charge in [-0.3, -0.25) is 10.1 Å². The number of benzene rings is 1. The molecule has 0 saturated carbocycles. The molecule has 0 amide bonds. The molecule has 0 spiro atoms. The smallest absolute Gasteiger partial charge is 0.273 e. The number of non-ortho nitro benzene ring substituents is 1. The third-order valence-corrected chi connectivity index (χ3v) is 2.73. The van der Waals surface area contributed by atoms with Gasteiger partial charge < -0.3 is 15.4 Å². The van der Waals surface area contributed by atoms with Crippen LogP contribution in [0.3, 0.4) is 0 Å². The van der Waals surface area contributed by atoms with Crippen LogP contribution in [-0.4, -0.2) is 31.2 Å². The van der Waals surface area contributed by atoms with Crippen LogP contribution in [0.25, 0.3) is 0 Å². The fourth-order valence-electron chi connectivity index (χ4n) is 1.78. The lowest BCUT2D eigenvalue weighted by Crippen LogP contribution is -2.12. The molecule has 2 N–H and O–H groups in total. The molecule has 6 nitrogen and oxygen atoms in total. The van der Waals surface area contributed by atoms with Gasteiger partial charge in [-0.25, -0.2) is 0 Å². The third-order valence-electron chi connectivity index (χ3n) is 2.73. The Labute approximate surface area is 126 Å². The largest absolute Gasteiger partial charge is 0.385 e. The maximum Gasteiger partial charge on any atom is 0.273 e. The van der Waals surface area contributed by atoms with Crippen molar-refractivity contribution >= 4 is 17.1 Å². The molecule has 0 saturated heterocycles. The number of nitro benzene ring substituents is 1. The minimum Gasteiger partial charge on any atom is -0.385 e. The van der Waals surface area contributed by atoms with Crippen LogP contribution in [0.2, 0.25) is 0 Å². The minimum atomic E-state index is -0.377. The molecule has 0 unspecified atom stereocenters. The van der Waals surface area contributed by atoms with Crippen LogP contribution in [0.15, 0.2) is 18.2 Å². The van der Waals surface area contributed by atoms with E-state index in [0.29, 0.717) is 19.1 Å². The van der Waals surface area contributed by atoms with E-state index in [4.69, 9.17) is 4.74 Å². The number of nitrogens with one attached hydrogen (secondary N) is 2. The molecule has 118 valence electrons. The molecule has 6 heteroatoms. The lowest BCUT2D eigenvalue weighted by atomic mass is 10.2. The van der Waals surface area contributed by atoms with E-state index in [2.05, 4.69) is 31.4 Å². The summed E-state index contributed by atoms with van der Waals surface area (Å²) in [7, 11) is 0. The highest BCUT2D eigenvalue weighted by atomic mass is 16.6. The van der Waals surface area contributed by atoms with E-state index in [1.165, 1.54) is 0 Å². The summed E-state index contributed by atoms with van der Waals surface area (Å²) >= 11 is 0. The van der Waals surface area contributed by atoms with Gasteiger partial charge in [-0.15, -0.1) is 0 Å². The van der Waals surface area contributed by atoms with Gasteiger partial charge >= 0.3 is 0 Å². The zero-order chi connectivity index (χ0) is 15.7. The second-order valence-electron chi connectivity index (χ2n) is 5.35. The third kappa shape index (κ3) is 6.94. The maximum absolute atomic E-state index is 11.0. The van der Waals surface area contributed by atoms with Gasteiger partial charge in [-0.05, 0) is 18.4 Å². The molecule has 1 aromatic rings. The van der Waals surface area contributed by atoms with Crippen LogP contribution in [0, 0.1) is 16.0 Å². The monoisotopic (exact) mass is 295 g/mol. The summed E-state index contributed by atoms with van der Waals surface area (Å²) in [6.07, 6.45) is 0.967. The molecule has 0 atom stereocenters. The highest BCUT2D eigenvalue weighted by molar-refractivity contribution is 5.63. The van der Waals surface area contributed by atoms with Crippen molar-refractivity contribution in [2.45, 2.75) is 27.2 Å². The Bertz CT molecular complexity index is 450. The van der Waals surface area contributed by atoms with Crippen molar-refractivity contribution < 1.29 is 9.66 Å². The molecular weight excluding hydrogens is 270 g/mol. The molecule has 0 heterocycles. The molecule has 1 rings (SSSR count). The predicted molar refractivity (Wildman–Crippen MR) is 86.0 cm³/mol. The SMILES string of the molecule is CCCNc1cc(NCCOCC(C)C)cc([N+](=O)[O-])c1. The number of rotatable bonds is 10. The van der Waals surface area contributed by atoms with Crippen molar-refractivity contribution in [3.05, 3.63) is 28.3 Å². The zero-order valence-corrected chi connectivity index (χ0v) is 13.0. The fraction of sp³-hybridized carbons (Fsp3) is 0.600. The number of nitro groups is 1. The minimum absolute atomic E-state index is 0.0849. The van der Waals surface area contributed by atoms with Crippen molar-refractivity contribution in [2.24, 2.45) is 5.92 Å². The van der Waals surface area contributed by atoms with Gasteiger partial charge in [0, 0.05) is 43.2 Å². The van der Waals surface area contributed by atoms with Crippen molar-refractivity contribution in [1.82, 2.24) is 0 Å². The summed E-state index contributed by atoms with van der Waals surface area (Å²) in [5, 5.41) is 17.3. The Kier molecular flexibility index (Phi) is 7.53. The summed E-state index contributed by atoms with van der Waals surface area (Å²) in [5.41, 5.74) is 1.58. The van der Waals surface area contributed by atoms with Gasteiger partial charge in [0.2, 0.25) is 0 Å².